The van der Waals surface area contributed by atoms with Crippen molar-refractivity contribution in [1.82, 2.24) is 5.32 Å². The summed E-state index contributed by atoms with van der Waals surface area (Å²) >= 11 is 5.16. The van der Waals surface area contributed by atoms with Crippen molar-refractivity contribution in [3.63, 3.8) is 0 Å². The molecule has 5 heteroatoms. The molecule has 2 aromatic carbocycles. The van der Waals surface area contributed by atoms with Crippen LogP contribution in [0.25, 0.3) is 0 Å². The van der Waals surface area contributed by atoms with Crippen LogP contribution in [0.3, 0.4) is 0 Å². The number of hydrogen-bond donors (Lipinski definition) is 2. The standard InChI is InChI=1S/C18H20N2O2S/c1-3-14-9-11-15(12-10-14)19-18(23)20-17(21)13(2)22-16-7-5-4-6-8-16/h4-13H,3H2,1-2H3,(H2,19,20,21,23). The summed E-state index contributed by atoms with van der Waals surface area (Å²) in [6.45, 7) is 3.78. The summed E-state index contributed by atoms with van der Waals surface area (Å²) in [6, 6.07) is 17.1. The smallest absolute Gasteiger partial charge is 0.266 e. The van der Waals surface area contributed by atoms with Crippen molar-refractivity contribution in [3.8, 4) is 5.75 Å². The van der Waals surface area contributed by atoms with Gasteiger partial charge in [-0.15, -0.1) is 0 Å². The number of amides is 1. The van der Waals surface area contributed by atoms with Gasteiger partial charge in [-0.3, -0.25) is 10.1 Å². The predicted octanol–water partition coefficient (Wildman–Crippen LogP) is 3.53. The van der Waals surface area contributed by atoms with Crippen molar-refractivity contribution in [2.75, 3.05) is 5.32 Å². The molecule has 0 radical (unpaired) electrons. The maximum absolute atomic E-state index is 12.1. The van der Waals surface area contributed by atoms with Gasteiger partial charge in [-0.25, -0.2) is 0 Å². The Balaban J connectivity index is 1.84. The Morgan fingerprint density at radius 2 is 1.78 bits per heavy atom. The molecule has 0 fully saturated rings. The lowest BCUT2D eigenvalue weighted by Gasteiger charge is -2.15. The number of benzene rings is 2. The van der Waals surface area contributed by atoms with Crippen LogP contribution in [0.1, 0.15) is 19.4 Å². The molecule has 0 bridgehead atoms. The maximum atomic E-state index is 12.1. The number of carbonyl (C=O) groups excluding carboxylic acids is 1. The summed E-state index contributed by atoms with van der Waals surface area (Å²) < 4.78 is 5.56. The first kappa shape index (κ1) is 17.0. The Labute approximate surface area is 141 Å². The maximum Gasteiger partial charge on any atom is 0.266 e. The van der Waals surface area contributed by atoms with Crippen molar-refractivity contribution >= 4 is 28.9 Å². The SMILES string of the molecule is CCc1ccc(NC(=S)NC(=O)C(C)Oc2ccccc2)cc1. The molecule has 4 nitrogen and oxygen atoms in total. The van der Waals surface area contributed by atoms with E-state index in [1.165, 1.54) is 5.56 Å². The quantitative estimate of drug-likeness (QED) is 0.825. The first-order valence-electron chi connectivity index (χ1n) is 7.51. The first-order valence-corrected chi connectivity index (χ1v) is 7.92. The zero-order valence-corrected chi connectivity index (χ0v) is 14.0. The van der Waals surface area contributed by atoms with E-state index in [2.05, 4.69) is 17.6 Å². The third-order valence-electron chi connectivity index (χ3n) is 3.28. The summed E-state index contributed by atoms with van der Waals surface area (Å²) in [5.74, 6) is 0.348. The molecule has 2 N–H and O–H groups in total. The summed E-state index contributed by atoms with van der Waals surface area (Å²) in [5, 5.41) is 5.87. The number of ether oxygens (including phenoxy) is 1. The number of rotatable bonds is 5. The van der Waals surface area contributed by atoms with Crippen LogP contribution in [0.2, 0.25) is 0 Å². The van der Waals surface area contributed by atoms with Gasteiger partial charge in [0, 0.05) is 5.69 Å². The zero-order valence-electron chi connectivity index (χ0n) is 13.2. The molecule has 0 saturated carbocycles. The van der Waals surface area contributed by atoms with Crippen LogP contribution in [0.5, 0.6) is 5.75 Å². The van der Waals surface area contributed by atoms with Gasteiger partial charge in [-0.2, -0.15) is 0 Å². The van der Waals surface area contributed by atoms with E-state index in [0.717, 1.165) is 12.1 Å². The van der Waals surface area contributed by atoms with Gasteiger partial charge < -0.3 is 10.1 Å². The monoisotopic (exact) mass is 328 g/mol. The highest BCUT2D eigenvalue weighted by Gasteiger charge is 2.15. The molecule has 23 heavy (non-hydrogen) atoms. The lowest BCUT2D eigenvalue weighted by molar-refractivity contribution is -0.125. The number of anilines is 1. The fraction of sp³-hybridized carbons (Fsp3) is 0.222. The first-order chi connectivity index (χ1) is 11.1. The van der Waals surface area contributed by atoms with Gasteiger partial charge in [-0.05, 0) is 55.4 Å². The molecular formula is C18H20N2O2S. The van der Waals surface area contributed by atoms with E-state index < -0.39 is 6.10 Å². The topological polar surface area (TPSA) is 50.4 Å². The fourth-order valence-electron chi connectivity index (χ4n) is 1.96. The normalized spacial score (nSPS) is 11.4. The Morgan fingerprint density at radius 1 is 1.13 bits per heavy atom. The Hall–Kier alpha value is -2.40. The van der Waals surface area contributed by atoms with E-state index in [9.17, 15) is 4.79 Å². The van der Waals surface area contributed by atoms with Gasteiger partial charge in [-0.1, -0.05) is 37.3 Å². The number of aryl methyl sites for hydroxylation is 1. The van der Waals surface area contributed by atoms with Crippen molar-refractivity contribution in [2.45, 2.75) is 26.4 Å². The van der Waals surface area contributed by atoms with Crippen LogP contribution in [0, 0.1) is 0 Å². The molecular weight excluding hydrogens is 308 g/mol. The Kier molecular flexibility index (Phi) is 6.11. The molecule has 2 rings (SSSR count). The largest absolute Gasteiger partial charge is 0.481 e. The number of nitrogens with one attached hydrogen (secondary N) is 2. The highest BCUT2D eigenvalue weighted by Crippen LogP contribution is 2.11. The van der Waals surface area contributed by atoms with Gasteiger partial charge >= 0.3 is 0 Å². The minimum atomic E-state index is -0.639. The van der Waals surface area contributed by atoms with E-state index in [1.807, 2.05) is 42.5 Å². The third-order valence-corrected chi connectivity index (χ3v) is 3.49. The number of para-hydroxylation sites is 1. The minimum absolute atomic E-state index is 0.253. The number of thiocarbonyl (C=S) groups is 1. The van der Waals surface area contributed by atoms with E-state index in [-0.39, 0.29) is 11.0 Å². The molecule has 0 spiro atoms. The molecule has 120 valence electrons. The van der Waals surface area contributed by atoms with Crippen molar-refractivity contribution in [3.05, 3.63) is 60.2 Å². The van der Waals surface area contributed by atoms with Gasteiger partial charge in [0.2, 0.25) is 0 Å². The van der Waals surface area contributed by atoms with Crippen LogP contribution in [-0.4, -0.2) is 17.1 Å². The molecule has 1 atom stereocenters. The molecule has 0 saturated heterocycles. The third kappa shape index (κ3) is 5.38. The second-order valence-electron chi connectivity index (χ2n) is 5.07. The van der Waals surface area contributed by atoms with Crippen LogP contribution in [0.4, 0.5) is 5.69 Å². The van der Waals surface area contributed by atoms with E-state index in [4.69, 9.17) is 17.0 Å². The highest BCUT2D eigenvalue weighted by molar-refractivity contribution is 7.80. The van der Waals surface area contributed by atoms with Gasteiger partial charge in [0.15, 0.2) is 11.2 Å². The summed E-state index contributed by atoms with van der Waals surface area (Å²) in [5.41, 5.74) is 2.08. The van der Waals surface area contributed by atoms with Crippen LogP contribution >= 0.6 is 12.2 Å². The summed E-state index contributed by atoms with van der Waals surface area (Å²) in [4.78, 5) is 12.1. The lowest BCUT2D eigenvalue weighted by Crippen LogP contribution is -2.42. The molecule has 1 unspecified atom stereocenters. The van der Waals surface area contributed by atoms with Crippen molar-refractivity contribution in [2.24, 2.45) is 0 Å². The Bertz CT molecular complexity index is 656. The molecule has 0 aromatic heterocycles. The average Bonchev–Trinajstić information content (AvgIpc) is 2.56. The summed E-state index contributed by atoms with van der Waals surface area (Å²) in [7, 11) is 0. The second kappa shape index (κ2) is 8.29. The minimum Gasteiger partial charge on any atom is -0.481 e. The second-order valence-corrected chi connectivity index (χ2v) is 5.48. The number of carbonyl (C=O) groups is 1. The zero-order chi connectivity index (χ0) is 16.7. The summed E-state index contributed by atoms with van der Waals surface area (Å²) in [6.07, 6.45) is 0.343. The average molecular weight is 328 g/mol. The van der Waals surface area contributed by atoms with Crippen LogP contribution in [-0.2, 0) is 11.2 Å². The van der Waals surface area contributed by atoms with E-state index in [0.29, 0.717) is 5.75 Å². The molecule has 0 aliphatic heterocycles. The van der Waals surface area contributed by atoms with E-state index >= 15 is 0 Å². The highest BCUT2D eigenvalue weighted by atomic mass is 32.1. The van der Waals surface area contributed by atoms with Gasteiger partial charge in [0.1, 0.15) is 5.75 Å². The molecule has 0 aliphatic carbocycles. The molecule has 0 aliphatic rings. The van der Waals surface area contributed by atoms with Gasteiger partial charge in [0.05, 0.1) is 0 Å². The van der Waals surface area contributed by atoms with E-state index in [1.54, 1.807) is 19.1 Å². The molecule has 2 aromatic rings. The predicted molar refractivity (Wildman–Crippen MR) is 96.7 cm³/mol. The van der Waals surface area contributed by atoms with Gasteiger partial charge in [0.25, 0.3) is 5.91 Å². The van der Waals surface area contributed by atoms with Crippen molar-refractivity contribution in [1.29, 1.82) is 0 Å². The molecule has 0 heterocycles. The van der Waals surface area contributed by atoms with Crippen LogP contribution in [0.15, 0.2) is 54.6 Å². The fourth-order valence-corrected chi connectivity index (χ4v) is 2.17. The van der Waals surface area contributed by atoms with Crippen molar-refractivity contribution < 1.29 is 9.53 Å². The van der Waals surface area contributed by atoms with Crippen LogP contribution < -0.4 is 15.4 Å². The molecule has 1 amide bonds. The Morgan fingerprint density at radius 3 is 2.39 bits per heavy atom. The number of hydrogen-bond acceptors (Lipinski definition) is 3. The lowest BCUT2D eigenvalue weighted by atomic mass is 10.1.